The van der Waals surface area contributed by atoms with Gasteiger partial charge in [-0.1, -0.05) is 11.6 Å². The molecule has 1 saturated heterocycles. The van der Waals surface area contributed by atoms with Crippen LogP contribution >= 0.6 is 11.6 Å². The van der Waals surface area contributed by atoms with Gasteiger partial charge < -0.3 is 15.5 Å². The van der Waals surface area contributed by atoms with Gasteiger partial charge in [-0.15, -0.1) is 0 Å². The fourth-order valence-corrected chi connectivity index (χ4v) is 2.77. The zero-order valence-electron chi connectivity index (χ0n) is 11.7. The fourth-order valence-electron chi connectivity index (χ4n) is 2.60. The summed E-state index contributed by atoms with van der Waals surface area (Å²) in [5, 5.41) is 8.09. The Morgan fingerprint density at radius 1 is 1.30 bits per heavy atom. The van der Waals surface area contributed by atoms with Crippen molar-refractivity contribution in [3.8, 4) is 0 Å². The van der Waals surface area contributed by atoms with Crippen LogP contribution < -0.4 is 15.5 Å². The van der Waals surface area contributed by atoms with Gasteiger partial charge in [-0.25, -0.2) is 4.98 Å². The summed E-state index contributed by atoms with van der Waals surface area (Å²) in [6, 6.07) is 6.21. The normalized spacial score (nSPS) is 18.8. The number of halogens is 1. The average molecular weight is 292 g/mol. The minimum atomic E-state index is 0.512. The molecule has 0 aliphatic carbocycles. The zero-order valence-corrected chi connectivity index (χ0v) is 12.4. The molecule has 0 bridgehead atoms. The topological polar surface area (TPSA) is 53.1 Å². The largest absolute Gasteiger partial charge is 0.372 e. The number of benzene rings is 1. The van der Waals surface area contributed by atoms with E-state index in [1.54, 1.807) is 0 Å². The molecule has 1 fully saturated rings. The number of anilines is 2. The van der Waals surface area contributed by atoms with Crippen LogP contribution in [0, 0.1) is 0 Å². The second-order valence-corrected chi connectivity index (χ2v) is 5.44. The molecule has 0 spiro atoms. The van der Waals surface area contributed by atoms with Crippen molar-refractivity contribution in [2.45, 2.75) is 12.5 Å². The van der Waals surface area contributed by atoms with E-state index >= 15 is 0 Å². The van der Waals surface area contributed by atoms with E-state index in [0.29, 0.717) is 11.1 Å². The highest BCUT2D eigenvalue weighted by Gasteiger charge is 2.23. The zero-order chi connectivity index (χ0) is 14.1. The van der Waals surface area contributed by atoms with Crippen molar-refractivity contribution in [1.82, 2.24) is 15.3 Å². The van der Waals surface area contributed by atoms with Gasteiger partial charge in [-0.3, -0.25) is 0 Å². The maximum Gasteiger partial charge on any atom is 0.227 e. The Hall–Kier alpha value is -1.59. The molecular weight excluding hydrogens is 274 g/mol. The first-order valence-corrected chi connectivity index (χ1v) is 7.16. The van der Waals surface area contributed by atoms with Gasteiger partial charge in [0, 0.05) is 36.6 Å². The molecule has 0 saturated carbocycles. The van der Waals surface area contributed by atoms with Crippen molar-refractivity contribution in [3.05, 3.63) is 23.2 Å². The third kappa shape index (κ3) is 2.39. The first kappa shape index (κ1) is 13.4. The van der Waals surface area contributed by atoms with Gasteiger partial charge in [0.05, 0.1) is 5.52 Å². The molecule has 2 N–H and O–H groups in total. The smallest absolute Gasteiger partial charge is 0.227 e. The average Bonchev–Trinajstić information content (AvgIpc) is 2.95. The number of rotatable bonds is 3. The monoisotopic (exact) mass is 291 g/mol. The Morgan fingerprint density at radius 2 is 2.15 bits per heavy atom. The van der Waals surface area contributed by atoms with Crippen LogP contribution in [0.1, 0.15) is 6.42 Å². The molecule has 1 atom stereocenters. The van der Waals surface area contributed by atoms with E-state index in [0.717, 1.165) is 42.2 Å². The summed E-state index contributed by atoms with van der Waals surface area (Å²) in [4.78, 5) is 11.5. The molecule has 1 aliphatic rings. The molecule has 0 radical (unpaired) electrons. The lowest BCUT2D eigenvalue weighted by Crippen LogP contribution is -2.30. The second kappa shape index (κ2) is 5.42. The number of hydrogen-bond donors (Lipinski definition) is 2. The minimum Gasteiger partial charge on any atom is -0.372 e. The highest BCUT2D eigenvalue weighted by molar-refractivity contribution is 6.31. The van der Waals surface area contributed by atoms with Crippen LogP contribution in [0.25, 0.3) is 10.9 Å². The number of nitrogens with zero attached hydrogens (tertiary/aromatic N) is 3. The lowest BCUT2D eigenvalue weighted by molar-refractivity contribution is 0.616. The van der Waals surface area contributed by atoms with Crippen molar-refractivity contribution in [1.29, 1.82) is 0 Å². The summed E-state index contributed by atoms with van der Waals surface area (Å²) in [7, 11) is 3.86. The van der Waals surface area contributed by atoms with E-state index in [1.807, 2.05) is 32.3 Å². The van der Waals surface area contributed by atoms with Crippen LogP contribution in [0.15, 0.2) is 18.2 Å². The van der Waals surface area contributed by atoms with Crippen molar-refractivity contribution in [3.63, 3.8) is 0 Å². The van der Waals surface area contributed by atoms with Crippen molar-refractivity contribution in [2.24, 2.45) is 0 Å². The number of fused-ring (bicyclic) bond motifs is 1. The molecule has 2 heterocycles. The van der Waals surface area contributed by atoms with Gasteiger partial charge in [-0.2, -0.15) is 4.98 Å². The van der Waals surface area contributed by atoms with Crippen LogP contribution in [0.3, 0.4) is 0 Å². The molecule has 20 heavy (non-hydrogen) atoms. The van der Waals surface area contributed by atoms with Gasteiger partial charge in [0.2, 0.25) is 5.95 Å². The number of nitrogens with one attached hydrogen (secondary N) is 2. The van der Waals surface area contributed by atoms with E-state index < -0.39 is 0 Å². The van der Waals surface area contributed by atoms with Gasteiger partial charge >= 0.3 is 0 Å². The van der Waals surface area contributed by atoms with Crippen LogP contribution in [-0.2, 0) is 0 Å². The van der Waals surface area contributed by atoms with Gasteiger partial charge in [0.15, 0.2) is 0 Å². The standard InChI is InChI=1S/C14H18ClN5/c1-16-10-5-6-20(8-10)14-18-12-4-3-9(15)7-11(12)13(17-2)19-14/h3-4,7,10,16H,5-6,8H2,1-2H3,(H,17,18,19). The van der Waals surface area contributed by atoms with E-state index in [9.17, 15) is 0 Å². The Labute approximate surface area is 123 Å². The van der Waals surface area contributed by atoms with E-state index in [2.05, 4.69) is 25.5 Å². The molecule has 0 amide bonds. The third-order valence-corrected chi connectivity index (χ3v) is 4.00. The number of aromatic nitrogens is 2. The summed E-state index contributed by atoms with van der Waals surface area (Å²) in [6.45, 7) is 1.92. The molecule has 3 rings (SSSR count). The van der Waals surface area contributed by atoms with Gasteiger partial charge in [0.1, 0.15) is 5.82 Å². The third-order valence-electron chi connectivity index (χ3n) is 3.76. The molecule has 1 unspecified atom stereocenters. The number of likely N-dealkylation sites (N-methyl/N-ethyl adjacent to an activating group) is 1. The van der Waals surface area contributed by atoms with Crippen molar-refractivity contribution in [2.75, 3.05) is 37.4 Å². The molecule has 6 heteroatoms. The number of hydrogen-bond acceptors (Lipinski definition) is 5. The quantitative estimate of drug-likeness (QED) is 0.907. The summed E-state index contributed by atoms with van der Waals surface area (Å²) >= 11 is 6.05. The summed E-state index contributed by atoms with van der Waals surface area (Å²) in [6.07, 6.45) is 1.12. The molecule has 1 aromatic heterocycles. The maximum absolute atomic E-state index is 6.05. The van der Waals surface area contributed by atoms with Crippen LogP contribution in [0.5, 0.6) is 0 Å². The summed E-state index contributed by atoms with van der Waals surface area (Å²) in [5.41, 5.74) is 0.914. The molecule has 1 aliphatic heterocycles. The summed E-state index contributed by atoms with van der Waals surface area (Å²) < 4.78 is 0. The molecule has 2 aromatic rings. The lowest BCUT2D eigenvalue weighted by Gasteiger charge is -2.18. The van der Waals surface area contributed by atoms with Crippen molar-refractivity contribution >= 4 is 34.3 Å². The Bertz CT molecular complexity index is 630. The minimum absolute atomic E-state index is 0.512. The van der Waals surface area contributed by atoms with Gasteiger partial charge in [0.25, 0.3) is 0 Å². The molecule has 5 nitrogen and oxygen atoms in total. The first-order chi connectivity index (χ1) is 9.71. The second-order valence-electron chi connectivity index (χ2n) is 5.00. The van der Waals surface area contributed by atoms with Gasteiger partial charge in [-0.05, 0) is 31.7 Å². The Kier molecular flexibility index (Phi) is 3.63. The highest BCUT2D eigenvalue weighted by Crippen LogP contribution is 2.27. The van der Waals surface area contributed by atoms with E-state index in [4.69, 9.17) is 11.6 Å². The Morgan fingerprint density at radius 3 is 2.85 bits per heavy atom. The van der Waals surface area contributed by atoms with E-state index in [-0.39, 0.29) is 0 Å². The Balaban J connectivity index is 2.02. The van der Waals surface area contributed by atoms with Crippen LogP contribution in [0.2, 0.25) is 5.02 Å². The predicted molar refractivity (Wildman–Crippen MR) is 83.8 cm³/mol. The maximum atomic E-state index is 6.05. The summed E-state index contributed by atoms with van der Waals surface area (Å²) in [5.74, 6) is 1.60. The lowest BCUT2D eigenvalue weighted by atomic mass is 10.2. The van der Waals surface area contributed by atoms with Crippen LogP contribution in [-0.4, -0.2) is 43.2 Å². The molecular formula is C14H18ClN5. The fraction of sp³-hybridized carbons (Fsp3) is 0.429. The molecule has 106 valence electrons. The van der Waals surface area contributed by atoms with E-state index in [1.165, 1.54) is 0 Å². The highest BCUT2D eigenvalue weighted by atomic mass is 35.5. The molecule has 1 aromatic carbocycles. The predicted octanol–water partition coefficient (Wildman–Crippen LogP) is 2.12. The SMILES string of the molecule is CNc1nc(N2CCC(NC)C2)nc2ccc(Cl)cc12. The van der Waals surface area contributed by atoms with Crippen LogP contribution in [0.4, 0.5) is 11.8 Å². The van der Waals surface area contributed by atoms with Crippen molar-refractivity contribution < 1.29 is 0 Å². The first-order valence-electron chi connectivity index (χ1n) is 6.78.